The van der Waals surface area contributed by atoms with Crippen molar-refractivity contribution in [3.8, 4) is 0 Å². The van der Waals surface area contributed by atoms with Gasteiger partial charge >= 0.3 is 5.97 Å². The molecule has 0 saturated heterocycles. The van der Waals surface area contributed by atoms with Gasteiger partial charge in [-0.15, -0.1) is 11.8 Å². The zero-order chi connectivity index (χ0) is 11.8. The molecule has 0 fully saturated rings. The van der Waals surface area contributed by atoms with Crippen molar-refractivity contribution in [2.45, 2.75) is 24.5 Å². The van der Waals surface area contributed by atoms with Crippen LogP contribution < -0.4 is 0 Å². The second-order valence-corrected chi connectivity index (χ2v) is 4.18. The van der Waals surface area contributed by atoms with Gasteiger partial charge in [-0.25, -0.2) is 4.98 Å². The lowest BCUT2D eigenvalue weighted by Crippen LogP contribution is -2.17. The third-order valence-corrected chi connectivity index (χ3v) is 2.86. The Balaban J connectivity index is 2.25. The number of carbonyl (C=O) groups excluding carboxylic acids is 1. The molecule has 0 aromatic carbocycles. The molecule has 0 bridgehead atoms. The molecule has 0 radical (unpaired) electrons. The maximum atomic E-state index is 11.1. The number of aliphatic hydroxyl groups excluding tert-OH is 1. The van der Waals surface area contributed by atoms with Crippen molar-refractivity contribution < 1.29 is 14.6 Å². The normalized spacial score (nSPS) is 12.1. The Bertz CT molecular complexity index is 318. The van der Waals surface area contributed by atoms with Gasteiger partial charge in [0.25, 0.3) is 0 Å². The molecule has 1 N–H and O–H groups in total. The predicted octanol–water partition coefficient (Wildman–Crippen LogP) is 1.49. The van der Waals surface area contributed by atoms with E-state index >= 15 is 0 Å². The van der Waals surface area contributed by atoms with Gasteiger partial charge in [0.15, 0.2) is 0 Å². The molecule has 16 heavy (non-hydrogen) atoms. The zero-order valence-electron chi connectivity index (χ0n) is 9.13. The first-order chi connectivity index (χ1) is 7.72. The molecule has 1 rings (SSSR count). The van der Waals surface area contributed by atoms with Crippen LogP contribution in [0.1, 0.15) is 13.3 Å². The molecular formula is C11H15NO3S. The first kappa shape index (κ1) is 13.0. The van der Waals surface area contributed by atoms with E-state index in [4.69, 9.17) is 4.74 Å². The highest BCUT2D eigenvalue weighted by molar-refractivity contribution is 7.99. The van der Waals surface area contributed by atoms with Crippen LogP contribution in [0, 0.1) is 0 Å². The first-order valence-corrected chi connectivity index (χ1v) is 6.08. The van der Waals surface area contributed by atoms with Gasteiger partial charge in [0.2, 0.25) is 0 Å². The van der Waals surface area contributed by atoms with Gasteiger partial charge in [-0.3, -0.25) is 4.79 Å². The second kappa shape index (κ2) is 7.24. The minimum Gasteiger partial charge on any atom is -0.466 e. The second-order valence-electron chi connectivity index (χ2n) is 3.14. The van der Waals surface area contributed by atoms with Crippen molar-refractivity contribution in [2.24, 2.45) is 0 Å². The molecule has 0 aliphatic heterocycles. The fraction of sp³-hybridized carbons (Fsp3) is 0.455. The fourth-order valence-corrected chi connectivity index (χ4v) is 1.88. The van der Waals surface area contributed by atoms with Crippen LogP contribution in [-0.4, -0.2) is 34.5 Å². The van der Waals surface area contributed by atoms with Gasteiger partial charge < -0.3 is 9.84 Å². The third kappa shape index (κ3) is 5.14. The van der Waals surface area contributed by atoms with Gasteiger partial charge in [0, 0.05) is 11.9 Å². The van der Waals surface area contributed by atoms with E-state index in [-0.39, 0.29) is 12.4 Å². The maximum absolute atomic E-state index is 11.1. The Morgan fingerprint density at radius 2 is 2.44 bits per heavy atom. The van der Waals surface area contributed by atoms with Crippen LogP contribution in [0.5, 0.6) is 0 Å². The highest BCUT2D eigenvalue weighted by Crippen LogP contribution is 2.16. The topological polar surface area (TPSA) is 59.4 Å². The van der Waals surface area contributed by atoms with E-state index in [1.54, 1.807) is 13.1 Å². The van der Waals surface area contributed by atoms with Crippen molar-refractivity contribution in [3.63, 3.8) is 0 Å². The molecule has 1 heterocycles. The summed E-state index contributed by atoms with van der Waals surface area (Å²) in [5.74, 6) is 0.0761. The summed E-state index contributed by atoms with van der Waals surface area (Å²) < 4.78 is 4.74. The number of thioether (sulfide) groups is 1. The number of pyridine rings is 1. The number of esters is 1. The Labute approximate surface area is 99.0 Å². The molecule has 1 unspecified atom stereocenters. The van der Waals surface area contributed by atoms with Gasteiger partial charge in [-0.05, 0) is 19.1 Å². The number of nitrogens with zero attached hydrogens (tertiary/aromatic N) is 1. The third-order valence-electron chi connectivity index (χ3n) is 1.77. The van der Waals surface area contributed by atoms with E-state index in [1.165, 1.54) is 11.8 Å². The average molecular weight is 241 g/mol. The molecular weight excluding hydrogens is 226 g/mol. The Morgan fingerprint density at radius 3 is 3.06 bits per heavy atom. The lowest BCUT2D eigenvalue weighted by molar-refractivity contribution is -0.144. The maximum Gasteiger partial charge on any atom is 0.308 e. The molecule has 0 amide bonds. The molecule has 1 atom stereocenters. The number of hydrogen-bond acceptors (Lipinski definition) is 5. The molecule has 1 aromatic heterocycles. The smallest absolute Gasteiger partial charge is 0.308 e. The Hall–Kier alpha value is -1.07. The van der Waals surface area contributed by atoms with Crippen LogP contribution in [0.3, 0.4) is 0 Å². The van der Waals surface area contributed by atoms with Gasteiger partial charge in [-0.1, -0.05) is 6.07 Å². The molecule has 0 spiro atoms. The SMILES string of the molecule is CCOC(=O)CC(O)CSc1ccccn1. The monoisotopic (exact) mass is 241 g/mol. The summed E-state index contributed by atoms with van der Waals surface area (Å²) in [5, 5.41) is 10.4. The van der Waals surface area contributed by atoms with Crippen LogP contribution in [0.4, 0.5) is 0 Å². The van der Waals surface area contributed by atoms with Gasteiger partial charge in [0.1, 0.15) is 0 Å². The summed E-state index contributed by atoms with van der Waals surface area (Å²) in [6, 6.07) is 5.58. The molecule has 0 aliphatic rings. The van der Waals surface area contributed by atoms with E-state index in [0.717, 1.165) is 5.03 Å². The van der Waals surface area contributed by atoms with Crippen LogP contribution in [0.2, 0.25) is 0 Å². The fourth-order valence-electron chi connectivity index (χ4n) is 1.09. The summed E-state index contributed by atoms with van der Waals surface area (Å²) in [4.78, 5) is 15.2. The van der Waals surface area contributed by atoms with Crippen LogP contribution in [-0.2, 0) is 9.53 Å². The van der Waals surface area contributed by atoms with Crippen molar-refractivity contribution in [3.05, 3.63) is 24.4 Å². The lowest BCUT2D eigenvalue weighted by Gasteiger charge is -2.08. The van der Waals surface area contributed by atoms with Crippen LogP contribution in [0.25, 0.3) is 0 Å². The highest BCUT2D eigenvalue weighted by Gasteiger charge is 2.12. The average Bonchev–Trinajstić information content (AvgIpc) is 2.28. The summed E-state index contributed by atoms with van der Waals surface area (Å²) in [6.07, 6.45) is 1.04. The van der Waals surface area contributed by atoms with Gasteiger partial charge in [-0.2, -0.15) is 0 Å². The molecule has 1 aromatic rings. The quantitative estimate of drug-likeness (QED) is 0.604. The standard InChI is InChI=1S/C11H15NO3S/c1-2-15-11(14)7-9(13)8-16-10-5-3-4-6-12-10/h3-6,9,13H,2,7-8H2,1H3. The molecule has 4 nitrogen and oxygen atoms in total. The Morgan fingerprint density at radius 1 is 1.62 bits per heavy atom. The van der Waals surface area contributed by atoms with E-state index in [2.05, 4.69) is 4.98 Å². The number of aromatic nitrogens is 1. The summed E-state index contributed by atoms with van der Waals surface area (Å²) in [7, 11) is 0. The van der Waals surface area contributed by atoms with Crippen molar-refractivity contribution >= 4 is 17.7 Å². The first-order valence-electron chi connectivity index (χ1n) is 5.10. The number of aliphatic hydroxyl groups is 1. The van der Waals surface area contributed by atoms with E-state index in [0.29, 0.717) is 12.4 Å². The minimum atomic E-state index is -0.689. The van der Waals surface area contributed by atoms with E-state index in [1.807, 2.05) is 18.2 Å². The summed E-state index contributed by atoms with van der Waals surface area (Å²) in [6.45, 7) is 2.09. The van der Waals surface area contributed by atoms with Crippen molar-refractivity contribution in [1.82, 2.24) is 4.98 Å². The summed E-state index contributed by atoms with van der Waals surface area (Å²) in [5.41, 5.74) is 0. The molecule has 88 valence electrons. The number of ether oxygens (including phenoxy) is 1. The number of hydrogen-bond donors (Lipinski definition) is 1. The predicted molar refractivity (Wildman–Crippen MR) is 62.2 cm³/mol. The molecule has 0 saturated carbocycles. The van der Waals surface area contributed by atoms with Gasteiger partial charge in [0.05, 0.1) is 24.2 Å². The Kier molecular flexibility index (Phi) is 5.88. The number of carbonyl (C=O) groups is 1. The van der Waals surface area contributed by atoms with E-state index < -0.39 is 6.10 Å². The largest absolute Gasteiger partial charge is 0.466 e. The summed E-state index contributed by atoms with van der Waals surface area (Å²) >= 11 is 1.42. The van der Waals surface area contributed by atoms with Crippen LogP contribution >= 0.6 is 11.8 Å². The minimum absolute atomic E-state index is 0.0354. The lowest BCUT2D eigenvalue weighted by atomic mass is 10.3. The van der Waals surface area contributed by atoms with Crippen molar-refractivity contribution in [2.75, 3.05) is 12.4 Å². The van der Waals surface area contributed by atoms with E-state index in [9.17, 15) is 9.90 Å². The molecule has 0 aliphatic carbocycles. The molecule has 5 heteroatoms. The van der Waals surface area contributed by atoms with Crippen LogP contribution in [0.15, 0.2) is 29.4 Å². The number of rotatable bonds is 6. The highest BCUT2D eigenvalue weighted by atomic mass is 32.2. The zero-order valence-corrected chi connectivity index (χ0v) is 9.94. The van der Waals surface area contributed by atoms with Crippen molar-refractivity contribution in [1.29, 1.82) is 0 Å².